The van der Waals surface area contributed by atoms with Crippen molar-refractivity contribution >= 4 is 40.6 Å². The van der Waals surface area contributed by atoms with E-state index in [0.717, 1.165) is 37.5 Å². The molecule has 0 saturated carbocycles. The Kier molecular flexibility index (Phi) is 5.10. The lowest BCUT2D eigenvalue weighted by Gasteiger charge is -2.08. The van der Waals surface area contributed by atoms with E-state index in [0.29, 0.717) is 5.90 Å². The zero-order chi connectivity index (χ0) is 21.2. The number of aryl methyl sites for hydroxylation is 1. The molecule has 4 aromatic rings. The second kappa shape index (κ2) is 8.20. The largest absolute Gasteiger partial charge is 0.402 e. The molecular formula is C26H18N2O2S. The van der Waals surface area contributed by atoms with Gasteiger partial charge in [0.1, 0.15) is 5.03 Å². The predicted octanol–water partition coefficient (Wildman–Crippen LogP) is 6.04. The summed E-state index contributed by atoms with van der Waals surface area (Å²) in [4.78, 5) is 22.9. The highest BCUT2D eigenvalue weighted by atomic mass is 32.2. The molecule has 5 heteroatoms. The van der Waals surface area contributed by atoms with E-state index >= 15 is 0 Å². The number of nitrogens with zero attached hydrogens (tertiary/aromatic N) is 2. The zero-order valence-corrected chi connectivity index (χ0v) is 17.6. The van der Waals surface area contributed by atoms with Gasteiger partial charge in [0.15, 0.2) is 5.70 Å². The summed E-state index contributed by atoms with van der Waals surface area (Å²) in [7, 11) is 0. The number of carbonyl (C=O) groups is 1. The second-order valence-electron chi connectivity index (χ2n) is 7.20. The standard InChI is InChI=1S/C26H18N2O2S/c1-17-12-13-22-19(14-17)15-20(25(28-22)31-21-10-6-3-7-11-21)16-23-26(29)30-24(27-23)18-8-4-2-5-9-18/h2-16H,1H3/b23-16+. The highest BCUT2D eigenvalue weighted by Crippen LogP contribution is 2.33. The van der Waals surface area contributed by atoms with Gasteiger partial charge in [-0.05, 0) is 55.5 Å². The molecule has 2 heterocycles. The first-order chi connectivity index (χ1) is 15.2. The van der Waals surface area contributed by atoms with Crippen LogP contribution < -0.4 is 0 Å². The van der Waals surface area contributed by atoms with Crippen LogP contribution in [0.2, 0.25) is 0 Å². The van der Waals surface area contributed by atoms with E-state index in [9.17, 15) is 4.79 Å². The number of pyridine rings is 1. The molecule has 1 aromatic heterocycles. The minimum absolute atomic E-state index is 0.266. The molecule has 0 bridgehead atoms. The molecule has 0 radical (unpaired) electrons. The number of carbonyl (C=O) groups excluding carboxylic acids is 1. The van der Waals surface area contributed by atoms with Crippen molar-refractivity contribution in [2.75, 3.05) is 0 Å². The second-order valence-corrected chi connectivity index (χ2v) is 8.26. The third-order valence-electron chi connectivity index (χ3n) is 4.85. The Balaban J connectivity index is 1.61. The summed E-state index contributed by atoms with van der Waals surface area (Å²) in [5.41, 5.74) is 3.93. The summed E-state index contributed by atoms with van der Waals surface area (Å²) in [6.45, 7) is 2.05. The molecule has 150 valence electrons. The summed E-state index contributed by atoms with van der Waals surface area (Å²) in [5.74, 6) is -0.141. The summed E-state index contributed by atoms with van der Waals surface area (Å²) in [6, 6.07) is 27.7. The number of rotatable bonds is 4. The number of ether oxygens (including phenoxy) is 1. The van der Waals surface area contributed by atoms with Crippen LogP contribution in [0.1, 0.15) is 16.7 Å². The number of hydrogen-bond donors (Lipinski definition) is 0. The number of benzene rings is 3. The fourth-order valence-corrected chi connectivity index (χ4v) is 4.24. The third kappa shape index (κ3) is 4.13. The first-order valence-electron chi connectivity index (χ1n) is 9.88. The molecule has 0 atom stereocenters. The number of aromatic nitrogens is 1. The van der Waals surface area contributed by atoms with Gasteiger partial charge in [-0.1, -0.05) is 59.8 Å². The molecule has 0 aliphatic carbocycles. The van der Waals surface area contributed by atoms with Crippen LogP contribution >= 0.6 is 11.8 Å². The molecule has 0 saturated heterocycles. The lowest BCUT2D eigenvalue weighted by Crippen LogP contribution is -2.05. The van der Waals surface area contributed by atoms with Crippen molar-refractivity contribution in [3.63, 3.8) is 0 Å². The van der Waals surface area contributed by atoms with Crippen molar-refractivity contribution in [3.05, 3.63) is 107 Å². The van der Waals surface area contributed by atoms with Crippen LogP contribution in [0.5, 0.6) is 0 Å². The summed E-state index contributed by atoms with van der Waals surface area (Å²) >= 11 is 1.56. The van der Waals surface area contributed by atoms with E-state index in [1.165, 1.54) is 0 Å². The van der Waals surface area contributed by atoms with Gasteiger partial charge in [0.05, 0.1) is 5.52 Å². The van der Waals surface area contributed by atoms with Gasteiger partial charge in [-0.25, -0.2) is 14.8 Å². The van der Waals surface area contributed by atoms with Gasteiger partial charge in [0, 0.05) is 21.4 Å². The lowest BCUT2D eigenvalue weighted by atomic mass is 10.1. The Morgan fingerprint density at radius 2 is 1.65 bits per heavy atom. The van der Waals surface area contributed by atoms with Gasteiger partial charge >= 0.3 is 5.97 Å². The number of aliphatic imine (C=N–C) groups is 1. The topological polar surface area (TPSA) is 51.6 Å². The molecule has 0 fully saturated rings. The van der Waals surface area contributed by atoms with E-state index in [-0.39, 0.29) is 5.70 Å². The highest BCUT2D eigenvalue weighted by molar-refractivity contribution is 7.99. The fourth-order valence-electron chi connectivity index (χ4n) is 3.34. The Morgan fingerprint density at radius 1 is 0.903 bits per heavy atom. The van der Waals surface area contributed by atoms with E-state index in [1.807, 2.05) is 66.7 Å². The van der Waals surface area contributed by atoms with Crippen LogP contribution in [0.15, 0.2) is 106 Å². The Labute approximate surface area is 184 Å². The Hall–Kier alpha value is -3.70. The maximum Gasteiger partial charge on any atom is 0.363 e. The highest BCUT2D eigenvalue weighted by Gasteiger charge is 2.24. The zero-order valence-electron chi connectivity index (χ0n) is 16.8. The maximum atomic E-state index is 12.5. The average molecular weight is 423 g/mol. The van der Waals surface area contributed by atoms with Crippen LogP contribution in [0.4, 0.5) is 0 Å². The number of hydrogen-bond acceptors (Lipinski definition) is 5. The maximum absolute atomic E-state index is 12.5. The fraction of sp³-hybridized carbons (Fsp3) is 0.0385. The van der Waals surface area contributed by atoms with Crippen molar-refractivity contribution in [2.24, 2.45) is 4.99 Å². The minimum atomic E-state index is -0.459. The third-order valence-corrected chi connectivity index (χ3v) is 5.88. The van der Waals surface area contributed by atoms with Gasteiger partial charge in [-0.3, -0.25) is 0 Å². The Morgan fingerprint density at radius 3 is 2.42 bits per heavy atom. The van der Waals surface area contributed by atoms with Crippen molar-refractivity contribution in [1.29, 1.82) is 0 Å². The number of esters is 1. The quantitative estimate of drug-likeness (QED) is 0.297. The molecule has 0 N–H and O–H groups in total. The number of cyclic esters (lactones) is 1. The van der Waals surface area contributed by atoms with Gasteiger partial charge in [0.2, 0.25) is 5.90 Å². The Bertz CT molecular complexity index is 1350. The van der Waals surface area contributed by atoms with E-state index < -0.39 is 5.97 Å². The van der Waals surface area contributed by atoms with Crippen molar-refractivity contribution < 1.29 is 9.53 Å². The van der Waals surface area contributed by atoms with E-state index in [1.54, 1.807) is 17.8 Å². The monoisotopic (exact) mass is 422 g/mol. The van der Waals surface area contributed by atoms with E-state index in [4.69, 9.17) is 9.72 Å². The van der Waals surface area contributed by atoms with Crippen LogP contribution in [-0.2, 0) is 9.53 Å². The number of fused-ring (bicyclic) bond motifs is 1. The molecule has 0 unspecified atom stereocenters. The lowest BCUT2D eigenvalue weighted by molar-refractivity contribution is -0.129. The molecule has 3 aromatic carbocycles. The van der Waals surface area contributed by atoms with Gasteiger partial charge in [-0.15, -0.1) is 0 Å². The van der Waals surface area contributed by atoms with Gasteiger partial charge < -0.3 is 4.74 Å². The summed E-state index contributed by atoms with van der Waals surface area (Å²) in [5, 5.41) is 1.83. The molecular weight excluding hydrogens is 404 g/mol. The smallest absolute Gasteiger partial charge is 0.363 e. The molecule has 1 aliphatic rings. The molecule has 4 nitrogen and oxygen atoms in total. The normalized spacial score (nSPS) is 14.7. The van der Waals surface area contributed by atoms with Crippen molar-refractivity contribution in [2.45, 2.75) is 16.8 Å². The van der Waals surface area contributed by atoms with E-state index in [2.05, 4.69) is 30.1 Å². The van der Waals surface area contributed by atoms with Crippen LogP contribution in [0, 0.1) is 6.92 Å². The van der Waals surface area contributed by atoms with Gasteiger partial charge in [0.25, 0.3) is 0 Å². The average Bonchev–Trinajstić information content (AvgIpc) is 3.16. The van der Waals surface area contributed by atoms with Crippen LogP contribution in [0.25, 0.3) is 17.0 Å². The van der Waals surface area contributed by atoms with Crippen molar-refractivity contribution in [1.82, 2.24) is 4.98 Å². The van der Waals surface area contributed by atoms with Crippen LogP contribution in [0.3, 0.4) is 0 Å². The minimum Gasteiger partial charge on any atom is -0.402 e. The summed E-state index contributed by atoms with van der Waals surface area (Å²) < 4.78 is 5.41. The van der Waals surface area contributed by atoms with Crippen LogP contribution in [-0.4, -0.2) is 16.9 Å². The molecule has 0 amide bonds. The molecule has 31 heavy (non-hydrogen) atoms. The molecule has 0 spiro atoms. The summed E-state index contributed by atoms with van der Waals surface area (Å²) in [6.07, 6.45) is 1.76. The first-order valence-corrected chi connectivity index (χ1v) is 10.7. The van der Waals surface area contributed by atoms with Crippen molar-refractivity contribution in [3.8, 4) is 0 Å². The SMILES string of the molecule is Cc1ccc2nc(Sc3ccccc3)c(/C=C3/N=C(c4ccccc4)OC3=O)cc2c1. The molecule has 5 rings (SSSR count). The van der Waals surface area contributed by atoms with Gasteiger partial charge in [-0.2, -0.15) is 0 Å². The molecule has 1 aliphatic heterocycles. The first kappa shape index (κ1) is 19.3. The predicted molar refractivity (Wildman–Crippen MR) is 124 cm³/mol.